The second kappa shape index (κ2) is 4.14. The molecule has 3 heterocycles. The van der Waals surface area contributed by atoms with E-state index in [1.807, 2.05) is 18.3 Å². The zero-order chi connectivity index (χ0) is 11.0. The van der Waals surface area contributed by atoms with Crippen molar-refractivity contribution in [2.24, 2.45) is 0 Å². The molecule has 4 nitrogen and oxygen atoms in total. The van der Waals surface area contributed by atoms with Crippen molar-refractivity contribution in [2.75, 3.05) is 13.1 Å². The lowest BCUT2D eigenvalue weighted by Crippen LogP contribution is -2.29. The average Bonchev–Trinajstić information content (AvgIpc) is 2.73. The zero-order valence-corrected chi connectivity index (χ0v) is 10.4. The van der Waals surface area contributed by atoms with Gasteiger partial charge >= 0.3 is 0 Å². The Morgan fingerprint density at radius 2 is 2.31 bits per heavy atom. The Labute approximate surface area is 102 Å². The quantitative estimate of drug-likeness (QED) is 0.869. The number of hydrogen-bond acceptors (Lipinski definition) is 3. The van der Waals surface area contributed by atoms with E-state index in [1.54, 1.807) is 0 Å². The highest BCUT2D eigenvalue weighted by Gasteiger charge is 2.20. The van der Waals surface area contributed by atoms with Gasteiger partial charge in [0, 0.05) is 23.1 Å². The highest BCUT2D eigenvalue weighted by Crippen LogP contribution is 2.23. The molecule has 0 amide bonds. The zero-order valence-electron chi connectivity index (χ0n) is 8.86. The number of halogens is 1. The maximum absolute atomic E-state index is 4.31. The Bertz CT molecular complexity index is 502. The lowest BCUT2D eigenvalue weighted by Gasteiger charge is -2.21. The smallest absolute Gasteiger partial charge is 0.160 e. The molecule has 0 saturated carbocycles. The van der Waals surface area contributed by atoms with E-state index in [0.717, 1.165) is 29.0 Å². The number of piperidine rings is 1. The molecule has 0 aromatic carbocycles. The van der Waals surface area contributed by atoms with Gasteiger partial charge in [0.15, 0.2) is 5.65 Å². The van der Waals surface area contributed by atoms with Crippen molar-refractivity contribution in [1.29, 1.82) is 0 Å². The van der Waals surface area contributed by atoms with Crippen LogP contribution in [0.5, 0.6) is 0 Å². The van der Waals surface area contributed by atoms with Crippen LogP contribution >= 0.6 is 15.9 Å². The summed E-state index contributed by atoms with van der Waals surface area (Å²) in [6, 6.07) is 3.98. The largest absolute Gasteiger partial charge is 0.316 e. The lowest BCUT2D eigenvalue weighted by molar-refractivity contribution is 0.444. The fourth-order valence-electron chi connectivity index (χ4n) is 2.23. The molecule has 1 unspecified atom stereocenters. The number of aromatic nitrogens is 3. The van der Waals surface area contributed by atoms with Crippen molar-refractivity contribution in [3.8, 4) is 0 Å². The first-order valence-electron chi connectivity index (χ1n) is 5.55. The molecule has 3 rings (SSSR count). The van der Waals surface area contributed by atoms with Gasteiger partial charge < -0.3 is 5.32 Å². The summed E-state index contributed by atoms with van der Waals surface area (Å²) in [5.41, 5.74) is 0.920. The second-order valence-corrected chi connectivity index (χ2v) is 5.09. The molecule has 0 aliphatic carbocycles. The lowest BCUT2D eigenvalue weighted by atomic mass is 9.99. The van der Waals surface area contributed by atoms with Crippen molar-refractivity contribution < 1.29 is 0 Å². The van der Waals surface area contributed by atoms with E-state index in [-0.39, 0.29) is 0 Å². The van der Waals surface area contributed by atoms with E-state index in [4.69, 9.17) is 0 Å². The molecule has 5 heteroatoms. The molecule has 0 bridgehead atoms. The first-order valence-corrected chi connectivity index (χ1v) is 6.35. The monoisotopic (exact) mass is 280 g/mol. The molecule has 84 valence electrons. The van der Waals surface area contributed by atoms with Crippen molar-refractivity contribution in [2.45, 2.75) is 18.8 Å². The molecular weight excluding hydrogens is 268 g/mol. The summed E-state index contributed by atoms with van der Waals surface area (Å²) >= 11 is 3.48. The van der Waals surface area contributed by atoms with Gasteiger partial charge in [-0.2, -0.15) is 0 Å². The standard InChI is InChI=1S/C11H13BrN4/c12-9-3-4-10-14-15-11(16(10)7-9)8-2-1-5-13-6-8/h3-4,7-8,13H,1-2,5-6H2. The Balaban J connectivity index is 2.05. The van der Waals surface area contributed by atoms with Crippen LogP contribution < -0.4 is 5.32 Å². The van der Waals surface area contributed by atoms with Crippen LogP contribution in [0.4, 0.5) is 0 Å². The van der Waals surface area contributed by atoms with E-state index < -0.39 is 0 Å². The Morgan fingerprint density at radius 3 is 3.12 bits per heavy atom. The van der Waals surface area contributed by atoms with Crippen LogP contribution in [0.3, 0.4) is 0 Å². The number of rotatable bonds is 1. The molecule has 2 aromatic heterocycles. The van der Waals surface area contributed by atoms with E-state index in [0.29, 0.717) is 5.92 Å². The Hall–Kier alpha value is -0.940. The van der Waals surface area contributed by atoms with Gasteiger partial charge in [-0.3, -0.25) is 4.40 Å². The van der Waals surface area contributed by atoms with E-state index >= 15 is 0 Å². The van der Waals surface area contributed by atoms with E-state index in [2.05, 4.69) is 35.8 Å². The normalized spacial score (nSPS) is 21.4. The third-order valence-electron chi connectivity index (χ3n) is 3.05. The molecule has 16 heavy (non-hydrogen) atoms. The van der Waals surface area contributed by atoms with Gasteiger partial charge in [0.05, 0.1) is 0 Å². The number of pyridine rings is 1. The predicted octanol–water partition coefficient (Wildman–Crippen LogP) is 1.96. The van der Waals surface area contributed by atoms with Crippen LogP contribution in [0.15, 0.2) is 22.8 Å². The molecular formula is C11H13BrN4. The van der Waals surface area contributed by atoms with Crippen LogP contribution in [-0.2, 0) is 0 Å². The molecule has 2 aromatic rings. The van der Waals surface area contributed by atoms with Gasteiger partial charge in [0.2, 0.25) is 0 Å². The Kier molecular flexibility index (Phi) is 2.65. The highest BCUT2D eigenvalue weighted by atomic mass is 79.9. The summed E-state index contributed by atoms with van der Waals surface area (Å²) in [5.74, 6) is 1.56. The van der Waals surface area contributed by atoms with Crippen molar-refractivity contribution >= 4 is 21.6 Å². The fourth-order valence-corrected chi connectivity index (χ4v) is 2.57. The number of nitrogens with zero attached hydrogens (tertiary/aromatic N) is 3. The predicted molar refractivity (Wildman–Crippen MR) is 65.5 cm³/mol. The molecule has 1 aliphatic heterocycles. The van der Waals surface area contributed by atoms with Gasteiger partial charge in [0.1, 0.15) is 5.82 Å². The summed E-state index contributed by atoms with van der Waals surface area (Å²) in [6.07, 6.45) is 4.45. The van der Waals surface area contributed by atoms with E-state index in [9.17, 15) is 0 Å². The molecule has 0 radical (unpaired) electrons. The number of hydrogen-bond donors (Lipinski definition) is 1. The minimum atomic E-state index is 0.484. The van der Waals surface area contributed by atoms with Crippen molar-refractivity contribution in [3.63, 3.8) is 0 Å². The maximum Gasteiger partial charge on any atom is 0.160 e. The first kappa shape index (κ1) is 10.2. The molecule has 1 fully saturated rings. The second-order valence-electron chi connectivity index (χ2n) is 4.18. The van der Waals surface area contributed by atoms with Crippen molar-refractivity contribution in [1.82, 2.24) is 19.9 Å². The van der Waals surface area contributed by atoms with Gasteiger partial charge in [-0.15, -0.1) is 10.2 Å². The molecule has 1 saturated heterocycles. The fraction of sp³-hybridized carbons (Fsp3) is 0.455. The number of fused-ring (bicyclic) bond motifs is 1. The van der Waals surface area contributed by atoms with Crippen LogP contribution in [0.2, 0.25) is 0 Å². The van der Waals surface area contributed by atoms with Crippen LogP contribution in [0.25, 0.3) is 5.65 Å². The molecule has 1 aliphatic rings. The Morgan fingerprint density at radius 1 is 1.38 bits per heavy atom. The van der Waals surface area contributed by atoms with Gasteiger partial charge in [-0.1, -0.05) is 0 Å². The topological polar surface area (TPSA) is 42.2 Å². The summed E-state index contributed by atoms with van der Waals surface area (Å²) in [4.78, 5) is 0. The minimum Gasteiger partial charge on any atom is -0.316 e. The first-order chi connectivity index (χ1) is 7.84. The van der Waals surface area contributed by atoms with E-state index in [1.165, 1.54) is 12.8 Å². The molecule has 0 spiro atoms. The van der Waals surface area contributed by atoms with Crippen molar-refractivity contribution in [3.05, 3.63) is 28.6 Å². The summed E-state index contributed by atoms with van der Waals surface area (Å²) in [5, 5.41) is 11.9. The van der Waals surface area contributed by atoms with Gasteiger partial charge in [-0.25, -0.2) is 0 Å². The maximum atomic E-state index is 4.31. The van der Waals surface area contributed by atoms with Crippen LogP contribution in [-0.4, -0.2) is 27.7 Å². The van der Waals surface area contributed by atoms with Crippen LogP contribution in [0.1, 0.15) is 24.6 Å². The van der Waals surface area contributed by atoms with Gasteiger partial charge in [0.25, 0.3) is 0 Å². The number of nitrogens with one attached hydrogen (secondary N) is 1. The molecule has 1 N–H and O–H groups in total. The summed E-state index contributed by atoms with van der Waals surface area (Å²) < 4.78 is 3.15. The third-order valence-corrected chi connectivity index (χ3v) is 3.52. The molecule has 1 atom stereocenters. The van der Waals surface area contributed by atoms with Gasteiger partial charge in [-0.05, 0) is 47.4 Å². The van der Waals surface area contributed by atoms with Crippen LogP contribution in [0, 0.1) is 0 Å². The summed E-state index contributed by atoms with van der Waals surface area (Å²) in [6.45, 7) is 2.13. The minimum absolute atomic E-state index is 0.484. The average molecular weight is 281 g/mol. The highest BCUT2D eigenvalue weighted by molar-refractivity contribution is 9.10. The summed E-state index contributed by atoms with van der Waals surface area (Å²) in [7, 11) is 0. The SMILES string of the molecule is Brc1ccc2nnc(C3CCCNC3)n2c1. The third kappa shape index (κ3) is 1.74.